The average Bonchev–Trinajstić information content (AvgIpc) is 2.33. The first-order valence-electron chi connectivity index (χ1n) is 6.55. The summed E-state index contributed by atoms with van der Waals surface area (Å²) in [6.45, 7) is 5.52. The van der Waals surface area contributed by atoms with Crippen molar-refractivity contribution in [2.75, 3.05) is 26.8 Å². The second-order valence-electron chi connectivity index (χ2n) is 4.85. The van der Waals surface area contributed by atoms with Gasteiger partial charge >= 0.3 is 5.97 Å². The molecular formula is C13H24N2O5. The molecule has 7 nitrogen and oxygen atoms in total. The summed E-state index contributed by atoms with van der Waals surface area (Å²) in [4.78, 5) is 35.3. The first kappa shape index (κ1) is 18.4. The minimum absolute atomic E-state index is 0.0109. The molecule has 2 N–H and O–H groups in total. The van der Waals surface area contributed by atoms with Crippen molar-refractivity contribution in [3.8, 4) is 0 Å². The van der Waals surface area contributed by atoms with Gasteiger partial charge in [0.15, 0.2) is 0 Å². The highest BCUT2D eigenvalue weighted by Crippen LogP contribution is 2.09. The van der Waals surface area contributed by atoms with Gasteiger partial charge in [-0.3, -0.25) is 9.59 Å². The van der Waals surface area contributed by atoms with E-state index in [9.17, 15) is 14.4 Å². The van der Waals surface area contributed by atoms with E-state index in [-0.39, 0.29) is 37.2 Å². The number of hydrogen-bond donors (Lipinski definition) is 2. The summed E-state index contributed by atoms with van der Waals surface area (Å²) < 4.78 is 4.96. The minimum Gasteiger partial charge on any atom is -0.480 e. The lowest BCUT2D eigenvalue weighted by atomic mass is 10.1. The maximum atomic E-state index is 12.1. The molecule has 0 aliphatic carbocycles. The molecule has 0 rings (SSSR count). The molecule has 0 saturated heterocycles. The Hall–Kier alpha value is -1.63. The maximum absolute atomic E-state index is 12.1. The van der Waals surface area contributed by atoms with Crippen LogP contribution in [0.1, 0.15) is 27.2 Å². The van der Waals surface area contributed by atoms with Crippen LogP contribution in [0.25, 0.3) is 0 Å². The van der Waals surface area contributed by atoms with Gasteiger partial charge in [-0.25, -0.2) is 4.79 Å². The number of ether oxygens (including phenoxy) is 1. The fourth-order valence-corrected chi connectivity index (χ4v) is 1.78. The van der Waals surface area contributed by atoms with Crippen LogP contribution < -0.4 is 5.32 Å². The number of carbonyl (C=O) groups is 3. The molecule has 0 aromatic rings. The Balaban J connectivity index is 4.61. The van der Waals surface area contributed by atoms with E-state index < -0.39 is 12.0 Å². The quantitative estimate of drug-likeness (QED) is 0.627. The Morgan fingerprint density at radius 3 is 2.35 bits per heavy atom. The lowest BCUT2D eigenvalue weighted by Gasteiger charge is -2.27. The van der Waals surface area contributed by atoms with Crippen LogP contribution in [0.3, 0.4) is 0 Å². The molecular weight excluding hydrogens is 264 g/mol. The number of carboxylic acids is 1. The van der Waals surface area contributed by atoms with Gasteiger partial charge in [-0.15, -0.1) is 0 Å². The molecule has 0 aliphatic heterocycles. The summed E-state index contributed by atoms with van der Waals surface area (Å²) in [6, 6.07) is -0.925. The van der Waals surface area contributed by atoms with Gasteiger partial charge in [-0.2, -0.15) is 0 Å². The highest BCUT2D eigenvalue weighted by Gasteiger charge is 2.26. The number of rotatable bonds is 9. The molecule has 2 unspecified atom stereocenters. The third kappa shape index (κ3) is 7.08. The van der Waals surface area contributed by atoms with E-state index in [2.05, 4.69) is 5.32 Å². The summed E-state index contributed by atoms with van der Waals surface area (Å²) >= 11 is 0. The Kier molecular flexibility index (Phi) is 8.54. The topological polar surface area (TPSA) is 95.9 Å². The maximum Gasteiger partial charge on any atom is 0.326 e. The van der Waals surface area contributed by atoms with Crippen molar-refractivity contribution < 1.29 is 24.2 Å². The zero-order chi connectivity index (χ0) is 15.7. The number of carboxylic acid groups (broad SMARTS) is 1. The first-order valence-corrected chi connectivity index (χ1v) is 6.55. The van der Waals surface area contributed by atoms with E-state index in [4.69, 9.17) is 9.84 Å². The van der Waals surface area contributed by atoms with Gasteiger partial charge in [0.2, 0.25) is 11.8 Å². The van der Waals surface area contributed by atoms with Crippen molar-refractivity contribution in [1.29, 1.82) is 0 Å². The lowest BCUT2D eigenvalue weighted by molar-refractivity contribution is -0.150. The molecule has 0 heterocycles. The number of aliphatic carboxylic acids is 1. The standard InChI is InChI=1S/C13H24N2O5/c1-9(8-20-4)7-12(17)15(10(2)13(18)19)6-5-14-11(3)16/h9-10H,5-8H2,1-4H3,(H,14,16)(H,18,19). The number of amides is 2. The molecule has 0 aliphatic rings. The van der Waals surface area contributed by atoms with E-state index >= 15 is 0 Å². The molecule has 2 amide bonds. The van der Waals surface area contributed by atoms with Gasteiger partial charge in [0, 0.05) is 40.2 Å². The van der Waals surface area contributed by atoms with Gasteiger partial charge in [-0.05, 0) is 12.8 Å². The van der Waals surface area contributed by atoms with Crippen molar-refractivity contribution in [3.05, 3.63) is 0 Å². The smallest absolute Gasteiger partial charge is 0.326 e. The second-order valence-corrected chi connectivity index (χ2v) is 4.85. The zero-order valence-corrected chi connectivity index (χ0v) is 12.5. The number of methoxy groups -OCH3 is 1. The van der Waals surface area contributed by atoms with Gasteiger partial charge in [0.1, 0.15) is 6.04 Å². The summed E-state index contributed by atoms with van der Waals surface area (Å²) in [7, 11) is 1.55. The average molecular weight is 288 g/mol. The Morgan fingerprint density at radius 1 is 1.30 bits per heavy atom. The number of hydrogen-bond acceptors (Lipinski definition) is 4. The molecule has 7 heteroatoms. The van der Waals surface area contributed by atoms with E-state index in [1.54, 1.807) is 7.11 Å². The fourth-order valence-electron chi connectivity index (χ4n) is 1.78. The molecule has 2 atom stereocenters. The largest absolute Gasteiger partial charge is 0.480 e. The van der Waals surface area contributed by atoms with E-state index in [0.717, 1.165) is 0 Å². The van der Waals surface area contributed by atoms with Gasteiger partial charge < -0.3 is 20.1 Å². The summed E-state index contributed by atoms with van der Waals surface area (Å²) in [6.07, 6.45) is 0.214. The summed E-state index contributed by atoms with van der Waals surface area (Å²) in [5.41, 5.74) is 0. The van der Waals surface area contributed by atoms with E-state index in [1.165, 1.54) is 18.7 Å². The Morgan fingerprint density at radius 2 is 1.90 bits per heavy atom. The lowest BCUT2D eigenvalue weighted by Crippen LogP contribution is -2.47. The Bertz CT molecular complexity index is 346. The van der Waals surface area contributed by atoms with Crippen molar-refractivity contribution >= 4 is 17.8 Å². The predicted octanol–water partition coefficient (Wildman–Crippen LogP) is 0.0968. The third-order valence-electron chi connectivity index (χ3n) is 2.85. The highest BCUT2D eigenvalue weighted by atomic mass is 16.5. The second kappa shape index (κ2) is 9.30. The molecule has 116 valence electrons. The molecule has 0 bridgehead atoms. The Labute approximate surface area is 119 Å². The monoisotopic (exact) mass is 288 g/mol. The number of nitrogens with one attached hydrogen (secondary N) is 1. The van der Waals surface area contributed by atoms with Crippen molar-refractivity contribution in [2.24, 2.45) is 5.92 Å². The van der Waals surface area contributed by atoms with Gasteiger partial charge in [0.25, 0.3) is 0 Å². The van der Waals surface area contributed by atoms with Gasteiger partial charge in [-0.1, -0.05) is 6.92 Å². The molecule has 0 saturated carbocycles. The van der Waals surface area contributed by atoms with Crippen LogP contribution in [0.2, 0.25) is 0 Å². The normalized spacial score (nSPS) is 13.4. The SMILES string of the molecule is COCC(C)CC(=O)N(CCNC(C)=O)C(C)C(=O)O. The zero-order valence-electron chi connectivity index (χ0n) is 12.5. The van der Waals surface area contributed by atoms with Gasteiger partial charge in [0.05, 0.1) is 0 Å². The van der Waals surface area contributed by atoms with Crippen LogP contribution in [0.15, 0.2) is 0 Å². The molecule has 20 heavy (non-hydrogen) atoms. The van der Waals surface area contributed by atoms with Crippen LogP contribution in [-0.4, -0.2) is 60.6 Å². The van der Waals surface area contributed by atoms with E-state index in [1.807, 2.05) is 6.92 Å². The fraction of sp³-hybridized carbons (Fsp3) is 0.769. The van der Waals surface area contributed by atoms with Crippen molar-refractivity contribution in [3.63, 3.8) is 0 Å². The van der Waals surface area contributed by atoms with Crippen LogP contribution in [0, 0.1) is 5.92 Å². The summed E-state index contributed by atoms with van der Waals surface area (Å²) in [5, 5.41) is 11.6. The van der Waals surface area contributed by atoms with Crippen LogP contribution in [-0.2, 0) is 19.1 Å². The number of nitrogens with zero attached hydrogens (tertiary/aromatic N) is 1. The molecule has 0 radical (unpaired) electrons. The molecule has 0 spiro atoms. The van der Waals surface area contributed by atoms with Crippen LogP contribution in [0.4, 0.5) is 0 Å². The van der Waals surface area contributed by atoms with Crippen LogP contribution in [0.5, 0.6) is 0 Å². The van der Waals surface area contributed by atoms with E-state index in [0.29, 0.717) is 6.61 Å². The van der Waals surface area contributed by atoms with Crippen LogP contribution >= 0.6 is 0 Å². The molecule has 0 fully saturated rings. The minimum atomic E-state index is -1.07. The van der Waals surface area contributed by atoms with Crippen molar-refractivity contribution in [1.82, 2.24) is 10.2 Å². The highest BCUT2D eigenvalue weighted by molar-refractivity contribution is 5.83. The third-order valence-corrected chi connectivity index (χ3v) is 2.85. The summed E-state index contributed by atoms with van der Waals surface area (Å²) in [5.74, 6) is -1.53. The number of carbonyl (C=O) groups excluding carboxylic acids is 2. The first-order chi connectivity index (χ1) is 9.29. The molecule has 0 aromatic heterocycles. The molecule has 0 aromatic carbocycles. The van der Waals surface area contributed by atoms with Crippen molar-refractivity contribution in [2.45, 2.75) is 33.2 Å². The predicted molar refractivity (Wildman–Crippen MR) is 73.2 cm³/mol.